The van der Waals surface area contributed by atoms with Crippen molar-refractivity contribution in [2.24, 2.45) is 7.05 Å². The van der Waals surface area contributed by atoms with Crippen molar-refractivity contribution in [1.82, 2.24) is 39.3 Å². The van der Waals surface area contributed by atoms with Crippen LogP contribution in [-0.4, -0.2) is 52.4 Å². The summed E-state index contributed by atoms with van der Waals surface area (Å²) in [6, 6.07) is 15.8. The van der Waals surface area contributed by atoms with Crippen molar-refractivity contribution in [1.29, 1.82) is 0 Å². The van der Waals surface area contributed by atoms with Gasteiger partial charge in [0.2, 0.25) is 5.82 Å². The van der Waals surface area contributed by atoms with Gasteiger partial charge in [-0.25, -0.2) is 9.78 Å². The zero-order chi connectivity index (χ0) is 27.5. The number of ether oxygens (including phenoxy) is 1. The number of tetrazole rings is 1. The third-order valence-electron chi connectivity index (χ3n) is 6.67. The largest absolute Gasteiger partial charge is 0.469 e. The minimum atomic E-state index is -0.520. The molecule has 5 aromatic rings. The molecule has 0 unspecified atom stereocenters. The van der Waals surface area contributed by atoms with E-state index in [2.05, 4.69) is 30.3 Å². The number of nitrogens with one attached hydrogen (secondary N) is 1. The van der Waals surface area contributed by atoms with Crippen LogP contribution in [0.1, 0.15) is 31.2 Å². The van der Waals surface area contributed by atoms with E-state index in [1.165, 1.54) is 11.7 Å². The Balaban J connectivity index is 1.55. The number of imidazole rings is 1. The third kappa shape index (κ3) is 4.88. The third-order valence-corrected chi connectivity index (χ3v) is 6.67. The first-order valence-electron chi connectivity index (χ1n) is 12.6. The van der Waals surface area contributed by atoms with Crippen molar-refractivity contribution in [2.75, 3.05) is 7.11 Å². The van der Waals surface area contributed by atoms with Crippen LogP contribution in [0.5, 0.6) is 0 Å². The molecule has 0 saturated carbocycles. The number of carbonyl (C=O) groups excluding carboxylic acids is 1. The van der Waals surface area contributed by atoms with Crippen molar-refractivity contribution >= 4 is 17.1 Å². The standard InChI is InChI=1S/C27H28N8O4/c1-4-7-21-28-25-23(26(37)34(27(38)33(25)2)15-14-22(36)39-3)35(21)16-17-10-12-18(13-11-17)19-8-5-6-9-20(19)24-29-31-32-30-24/h5-6,8-13H,4,7,14-16H2,1-3H3,(H,29,30,31,32). The van der Waals surface area contributed by atoms with Crippen LogP contribution in [-0.2, 0) is 36.1 Å². The lowest BCUT2D eigenvalue weighted by Gasteiger charge is -2.12. The molecule has 1 N–H and O–H groups in total. The minimum absolute atomic E-state index is 0.0725. The number of benzene rings is 2. The first-order chi connectivity index (χ1) is 18.9. The lowest BCUT2D eigenvalue weighted by Crippen LogP contribution is -2.40. The Morgan fingerprint density at radius 2 is 1.77 bits per heavy atom. The number of esters is 1. The number of aryl methyl sites for hydroxylation is 2. The summed E-state index contributed by atoms with van der Waals surface area (Å²) in [4.78, 5) is 42.8. The molecule has 0 radical (unpaired) electrons. The van der Waals surface area contributed by atoms with Gasteiger partial charge in [-0.3, -0.25) is 18.7 Å². The first-order valence-corrected chi connectivity index (χ1v) is 12.6. The van der Waals surface area contributed by atoms with E-state index in [-0.39, 0.29) is 13.0 Å². The molecule has 0 aliphatic heterocycles. The van der Waals surface area contributed by atoms with Crippen LogP contribution < -0.4 is 11.2 Å². The van der Waals surface area contributed by atoms with Crippen molar-refractivity contribution in [2.45, 2.75) is 39.3 Å². The minimum Gasteiger partial charge on any atom is -0.469 e. The number of fused-ring (bicyclic) bond motifs is 1. The number of aromatic amines is 1. The van der Waals surface area contributed by atoms with Crippen LogP contribution in [0.4, 0.5) is 0 Å². The van der Waals surface area contributed by atoms with Gasteiger partial charge in [0, 0.05) is 32.1 Å². The van der Waals surface area contributed by atoms with E-state index in [4.69, 9.17) is 0 Å². The van der Waals surface area contributed by atoms with Gasteiger partial charge in [0.1, 0.15) is 5.82 Å². The molecule has 0 saturated heterocycles. The molecule has 0 amide bonds. The van der Waals surface area contributed by atoms with Crippen molar-refractivity contribution < 1.29 is 9.53 Å². The molecule has 0 atom stereocenters. The molecule has 2 aromatic carbocycles. The smallest absolute Gasteiger partial charge is 0.332 e. The lowest BCUT2D eigenvalue weighted by molar-refractivity contribution is -0.140. The van der Waals surface area contributed by atoms with Crippen LogP contribution in [0.3, 0.4) is 0 Å². The average Bonchev–Trinajstić information content (AvgIpc) is 3.61. The van der Waals surface area contributed by atoms with Crippen molar-refractivity contribution in [3.63, 3.8) is 0 Å². The van der Waals surface area contributed by atoms with Gasteiger partial charge < -0.3 is 9.30 Å². The summed E-state index contributed by atoms with van der Waals surface area (Å²) in [5.74, 6) is 0.736. The highest BCUT2D eigenvalue weighted by molar-refractivity contribution is 5.80. The van der Waals surface area contributed by atoms with Crippen LogP contribution in [0.2, 0.25) is 0 Å². The predicted molar refractivity (Wildman–Crippen MR) is 144 cm³/mol. The maximum atomic E-state index is 13.5. The molecule has 0 fully saturated rings. The van der Waals surface area contributed by atoms with Crippen molar-refractivity contribution in [3.05, 3.63) is 80.8 Å². The van der Waals surface area contributed by atoms with Crippen molar-refractivity contribution in [3.8, 4) is 22.5 Å². The molecule has 3 heterocycles. The summed E-state index contributed by atoms with van der Waals surface area (Å²) in [5, 5.41) is 14.4. The highest BCUT2D eigenvalue weighted by Crippen LogP contribution is 2.30. The second-order valence-electron chi connectivity index (χ2n) is 9.14. The zero-order valence-electron chi connectivity index (χ0n) is 21.9. The van der Waals surface area contributed by atoms with Gasteiger partial charge in [-0.2, -0.15) is 5.21 Å². The summed E-state index contributed by atoms with van der Waals surface area (Å²) in [7, 11) is 2.86. The Hall–Kier alpha value is -4.87. The molecular weight excluding hydrogens is 500 g/mol. The summed E-state index contributed by atoms with van der Waals surface area (Å²) >= 11 is 0. The number of carbonyl (C=O) groups is 1. The van der Waals surface area contributed by atoms with E-state index in [9.17, 15) is 14.4 Å². The monoisotopic (exact) mass is 528 g/mol. The van der Waals surface area contributed by atoms with Crippen LogP contribution in [0.15, 0.2) is 58.1 Å². The zero-order valence-corrected chi connectivity index (χ0v) is 21.9. The molecule has 0 aliphatic rings. The number of H-pyrrole nitrogens is 1. The molecule has 3 aromatic heterocycles. The summed E-state index contributed by atoms with van der Waals surface area (Å²) in [6.45, 7) is 2.35. The molecule has 0 bridgehead atoms. The average molecular weight is 529 g/mol. The van der Waals surface area contributed by atoms with Gasteiger partial charge in [-0.15, -0.1) is 10.2 Å². The van der Waals surface area contributed by atoms with E-state index in [1.807, 2.05) is 60.0 Å². The first kappa shape index (κ1) is 25.8. The fraction of sp³-hybridized carbons (Fsp3) is 0.296. The summed E-state index contributed by atoms with van der Waals surface area (Å²) in [5.41, 5.74) is 3.43. The maximum absolute atomic E-state index is 13.5. The summed E-state index contributed by atoms with van der Waals surface area (Å²) < 4.78 is 9.00. The van der Waals surface area contributed by atoms with E-state index in [0.29, 0.717) is 30.0 Å². The molecule has 0 aliphatic carbocycles. The Morgan fingerprint density at radius 3 is 2.44 bits per heavy atom. The Bertz CT molecular complexity index is 1750. The number of hydrogen-bond acceptors (Lipinski definition) is 8. The molecule has 39 heavy (non-hydrogen) atoms. The fourth-order valence-corrected chi connectivity index (χ4v) is 4.68. The van der Waals surface area contributed by atoms with Gasteiger partial charge >= 0.3 is 11.7 Å². The van der Waals surface area contributed by atoms with Gasteiger partial charge in [0.05, 0.1) is 13.5 Å². The van der Waals surface area contributed by atoms with E-state index >= 15 is 0 Å². The Morgan fingerprint density at radius 1 is 1.03 bits per heavy atom. The summed E-state index contributed by atoms with van der Waals surface area (Å²) in [6.07, 6.45) is 1.38. The molecule has 12 nitrogen and oxygen atoms in total. The SMILES string of the molecule is CCCc1nc2c(c(=O)n(CCC(=O)OC)c(=O)n2C)n1Cc1ccc(-c2ccccc2-c2nn[nH]n2)cc1. The fourth-order valence-electron chi connectivity index (χ4n) is 4.68. The normalized spacial score (nSPS) is 11.3. The maximum Gasteiger partial charge on any atom is 0.332 e. The van der Waals surface area contributed by atoms with Crippen LogP contribution >= 0.6 is 0 Å². The van der Waals surface area contributed by atoms with E-state index in [0.717, 1.165) is 39.1 Å². The number of hydrogen-bond donors (Lipinski definition) is 1. The predicted octanol–water partition coefficient (Wildman–Crippen LogP) is 2.31. The topological polar surface area (TPSA) is 143 Å². The number of rotatable bonds is 9. The number of nitrogens with zero attached hydrogens (tertiary/aromatic N) is 7. The second-order valence-corrected chi connectivity index (χ2v) is 9.14. The molecule has 0 spiro atoms. The molecule has 5 rings (SSSR count). The number of methoxy groups -OCH3 is 1. The van der Waals surface area contributed by atoms with Crippen LogP contribution in [0.25, 0.3) is 33.7 Å². The van der Waals surface area contributed by atoms with E-state index < -0.39 is 17.2 Å². The van der Waals surface area contributed by atoms with Gasteiger partial charge in [-0.05, 0) is 28.3 Å². The Kier molecular flexibility index (Phi) is 7.17. The molecular formula is C27H28N8O4. The van der Waals surface area contributed by atoms with E-state index in [1.54, 1.807) is 7.05 Å². The van der Waals surface area contributed by atoms with Gasteiger partial charge in [0.15, 0.2) is 11.2 Å². The molecule has 12 heteroatoms. The van der Waals surface area contributed by atoms with Gasteiger partial charge in [0.25, 0.3) is 5.56 Å². The highest BCUT2D eigenvalue weighted by atomic mass is 16.5. The number of aromatic nitrogens is 8. The Labute approximate surface area is 222 Å². The highest BCUT2D eigenvalue weighted by Gasteiger charge is 2.21. The van der Waals surface area contributed by atoms with Crippen LogP contribution in [0, 0.1) is 0 Å². The quantitative estimate of drug-likeness (QED) is 0.287. The molecule has 200 valence electrons. The lowest BCUT2D eigenvalue weighted by atomic mass is 9.98. The van der Waals surface area contributed by atoms with Gasteiger partial charge in [-0.1, -0.05) is 55.5 Å². The second kappa shape index (κ2) is 10.9.